The Hall–Kier alpha value is -2.00. The molecule has 2 fully saturated rings. The first-order valence-electron chi connectivity index (χ1n) is 9.28. The molecule has 1 aromatic heterocycles. The summed E-state index contributed by atoms with van der Waals surface area (Å²) in [7, 11) is 0. The number of nitrogens with zero attached hydrogens (tertiary/aromatic N) is 5. The Morgan fingerprint density at radius 1 is 1.38 bits per heavy atom. The van der Waals surface area contributed by atoms with Crippen molar-refractivity contribution in [2.75, 3.05) is 31.9 Å². The third-order valence-electron chi connectivity index (χ3n) is 5.24. The highest BCUT2D eigenvalue weighted by atomic mass is 16.5. The number of tetrazole rings is 1. The average Bonchev–Trinajstić information content (AvgIpc) is 3.20. The minimum absolute atomic E-state index is 0.00286. The fourth-order valence-corrected chi connectivity index (χ4v) is 3.61. The molecule has 0 aromatic carbocycles. The number of nitrogen functional groups attached to an aromatic ring is 1. The van der Waals surface area contributed by atoms with Crippen molar-refractivity contribution in [2.45, 2.75) is 57.8 Å². The minimum Gasteiger partial charge on any atom is -0.370 e. The highest BCUT2D eigenvalue weighted by molar-refractivity contribution is 5.75. The van der Waals surface area contributed by atoms with Crippen molar-refractivity contribution in [3.8, 4) is 0 Å². The van der Waals surface area contributed by atoms with E-state index < -0.39 is 0 Å². The Labute approximate surface area is 153 Å². The Bertz CT molecular complexity index is 645. The molecular formula is C17H29N7O2. The summed E-state index contributed by atoms with van der Waals surface area (Å²) in [5, 5.41) is 13.6. The number of carbonyl (C=O) groups is 1. The molecule has 0 radical (unpaired) electrons. The average molecular weight is 363 g/mol. The molecule has 3 rings (SSSR count). The van der Waals surface area contributed by atoms with Crippen LogP contribution >= 0.6 is 0 Å². The summed E-state index contributed by atoms with van der Waals surface area (Å²) in [6.45, 7) is 7.98. The summed E-state index contributed by atoms with van der Waals surface area (Å²) in [6.07, 6.45) is 6.55. The monoisotopic (exact) mass is 363 g/mol. The normalized spacial score (nSPS) is 22.5. The molecule has 1 spiro atoms. The van der Waals surface area contributed by atoms with E-state index in [4.69, 9.17) is 10.5 Å². The van der Waals surface area contributed by atoms with Crippen LogP contribution in [0.3, 0.4) is 0 Å². The molecule has 1 amide bonds. The third kappa shape index (κ3) is 4.79. The van der Waals surface area contributed by atoms with E-state index in [0.717, 1.165) is 45.3 Å². The van der Waals surface area contributed by atoms with Crippen LogP contribution < -0.4 is 11.1 Å². The Morgan fingerprint density at radius 2 is 2.15 bits per heavy atom. The van der Waals surface area contributed by atoms with Gasteiger partial charge in [0.2, 0.25) is 11.9 Å². The van der Waals surface area contributed by atoms with Gasteiger partial charge >= 0.3 is 0 Å². The molecule has 3 N–H and O–H groups in total. The van der Waals surface area contributed by atoms with E-state index in [0.29, 0.717) is 6.54 Å². The van der Waals surface area contributed by atoms with Crippen LogP contribution in [0.4, 0.5) is 5.95 Å². The van der Waals surface area contributed by atoms with Crippen molar-refractivity contribution in [2.24, 2.45) is 0 Å². The second-order valence-electron chi connectivity index (χ2n) is 7.54. The number of likely N-dealkylation sites (tertiary alicyclic amines) is 1. The van der Waals surface area contributed by atoms with Crippen LogP contribution in [0.25, 0.3) is 0 Å². The molecule has 2 aliphatic rings. The number of ether oxygens (including phenoxy) is 1. The summed E-state index contributed by atoms with van der Waals surface area (Å²) in [5.41, 5.74) is 6.92. The van der Waals surface area contributed by atoms with Crippen LogP contribution in [0, 0.1) is 0 Å². The molecule has 9 nitrogen and oxygen atoms in total. The number of allylic oxidation sites excluding steroid dienone is 1. The number of nitrogens with two attached hydrogens (primary N) is 1. The second kappa shape index (κ2) is 8.13. The largest absolute Gasteiger partial charge is 0.370 e. The van der Waals surface area contributed by atoms with E-state index in [1.165, 1.54) is 10.3 Å². The molecule has 0 aliphatic carbocycles. The SMILES string of the molecule is CC(C)=CCN1CCC2(CCC(CNC(=O)Cn3nnnc3N)O2)CC1. The lowest BCUT2D eigenvalue weighted by molar-refractivity contribution is -0.123. The Kier molecular flexibility index (Phi) is 5.87. The number of hydrogen-bond donors (Lipinski definition) is 2. The van der Waals surface area contributed by atoms with Crippen LogP contribution in [0.2, 0.25) is 0 Å². The van der Waals surface area contributed by atoms with E-state index in [1.807, 2.05) is 0 Å². The van der Waals surface area contributed by atoms with Gasteiger partial charge in [0.25, 0.3) is 0 Å². The lowest BCUT2D eigenvalue weighted by Gasteiger charge is -2.39. The molecule has 1 atom stereocenters. The Balaban J connectivity index is 1.39. The highest BCUT2D eigenvalue weighted by Crippen LogP contribution is 2.38. The van der Waals surface area contributed by atoms with Gasteiger partial charge < -0.3 is 15.8 Å². The fourth-order valence-electron chi connectivity index (χ4n) is 3.61. The van der Waals surface area contributed by atoms with Crippen molar-refractivity contribution >= 4 is 11.9 Å². The lowest BCUT2D eigenvalue weighted by atomic mass is 9.88. The number of carbonyl (C=O) groups excluding carboxylic acids is 1. The quantitative estimate of drug-likeness (QED) is 0.702. The number of anilines is 1. The molecule has 9 heteroatoms. The molecule has 0 bridgehead atoms. The number of nitrogens with one attached hydrogen (secondary N) is 1. The van der Waals surface area contributed by atoms with Crippen LogP contribution in [0.1, 0.15) is 39.5 Å². The molecule has 2 saturated heterocycles. The van der Waals surface area contributed by atoms with E-state index in [1.54, 1.807) is 0 Å². The number of hydrogen-bond acceptors (Lipinski definition) is 7. The van der Waals surface area contributed by atoms with Gasteiger partial charge in [-0.15, -0.1) is 0 Å². The predicted octanol–water partition coefficient (Wildman–Crippen LogP) is 0.351. The van der Waals surface area contributed by atoms with E-state index >= 15 is 0 Å². The van der Waals surface area contributed by atoms with Gasteiger partial charge in [-0.25, -0.2) is 4.68 Å². The maximum Gasteiger partial charge on any atom is 0.242 e. The van der Waals surface area contributed by atoms with Crippen LogP contribution in [0.15, 0.2) is 11.6 Å². The Morgan fingerprint density at radius 3 is 2.81 bits per heavy atom. The number of piperidine rings is 1. The standard InChI is InChI=1S/C17H29N7O2/c1-13(2)4-8-23-9-6-17(7-10-23)5-3-14(26-17)11-19-15(25)12-24-16(18)20-21-22-24/h4,14H,3,5-12H2,1-2H3,(H,19,25)(H2,18,20,22). The topological polar surface area (TPSA) is 111 Å². The second-order valence-corrected chi connectivity index (χ2v) is 7.54. The van der Waals surface area contributed by atoms with Crippen LogP contribution in [-0.4, -0.2) is 68.9 Å². The summed E-state index contributed by atoms with van der Waals surface area (Å²) in [4.78, 5) is 14.5. The van der Waals surface area contributed by atoms with Gasteiger partial charge in [-0.2, -0.15) is 0 Å². The predicted molar refractivity (Wildman–Crippen MR) is 97.2 cm³/mol. The van der Waals surface area contributed by atoms with E-state index in [2.05, 4.69) is 45.7 Å². The summed E-state index contributed by atoms with van der Waals surface area (Å²) < 4.78 is 7.62. The van der Waals surface area contributed by atoms with Gasteiger partial charge in [0.15, 0.2) is 0 Å². The highest BCUT2D eigenvalue weighted by Gasteiger charge is 2.42. The molecule has 144 valence electrons. The number of amides is 1. The zero-order valence-corrected chi connectivity index (χ0v) is 15.6. The first-order chi connectivity index (χ1) is 12.5. The maximum atomic E-state index is 12.0. The van der Waals surface area contributed by atoms with Gasteiger partial charge in [0.1, 0.15) is 6.54 Å². The number of rotatable bonds is 6. The van der Waals surface area contributed by atoms with Crippen molar-refractivity contribution < 1.29 is 9.53 Å². The van der Waals surface area contributed by atoms with E-state index in [9.17, 15) is 4.79 Å². The smallest absolute Gasteiger partial charge is 0.242 e. The molecule has 3 heterocycles. The fraction of sp³-hybridized carbons (Fsp3) is 0.765. The first kappa shape index (κ1) is 18.8. The van der Waals surface area contributed by atoms with Crippen molar-refractivity contribution in [1.29, 1.82) is 0 Å². The summed E-state index contributed by atoms with van der Waals surface area (Å²) in [5.74, 6) is -0.0267. The van der Waals surface area contributed by atoms with E-state index in [-0.39, 0.29) is 30.1 Å². The van der Waals surface area contributed by atoms with Crippen molar-refractivity contribution in [3.05, 3.63) is 11.6 Å². The van der Waals surface area contributed by atoms with Crippen LogP contribution in [-0.2, 0) is 16.1 Å². The van der Waals surface area contributed by atoms with Gasteiger partial charge in [0.05, 0.1) is 11.7 Å². The zero-order valence-electron chi connectivity index (χ0n) is 15.6. The molecule has 1 aromatic rings. The van der Waals surface area contributed by atoms with Crippen molar-refractivity contribution in [3.63, 3.8) is 0 Å². The third-order valence-corrected chi connectivity index (χ3v) is 5.24. The molecule has 26 heavy (non-hydrogen) atoms. The lowest BCUT2D eigenvalue weighted by Crippen LogP contribution is -2.45. The summed E-state index contributed by atoms with van der Waals surface area (Å²) >= 11 is 0. The summed E-state index contributed by atoms with van der Waals surface area (Å²) in [6, 6.07) is 0. The van der Waals surface area contributed by atoms with Gasteiger partial charge in [-0.1, -0.05) is 16.7 Å². The number of aromatic nitrogens is 4. The molecule has 0 saturated carbocycles. The first-order valence-corrected chi connectivity index (χ1v) is 9.28. The molecule has 1 unspecified atom stereocenters. The van der Waals surface area contributed by atoms with Gasteiger partial charge in [0, 0.05) is 26.2 Å². The minimum atomic E-state index is -0.162. The van der Waals surface area contributed by atoms with Gasteiger partial charge in [-0.3, -0.25) is 9.69 Å². The van der Waals surface area contributed by atoms with Crippen molar-refractivity contribution in [1.82, 2.24) is 30.4 Å². The zero-order chi connectivity index (χ0) is 18.6. The molecular weight excluding hydrogens is 334 g/mol. The molecule has 2 aliphatic heterocycles. The van der Waals surface area contributed by atoms with Crippen LogP contribution in [0.5, 0.6) is 0 Å². The maximum absolute atomic E-state index is 12.0. The van der Waals surface area contributed by atoms with Gasteiger partial charge in [-0.05, 0) is 50.0 Å².